The number of nitrogens with zero attached hydrogens (tertiary/aromatic N) is 1. The lowest BCUT2D eigenvalue weighted by Crippen LogP contribution is -2.40. The first-order valence-electron chi connectivity index (χ1n) is 7.20. The highest BCUT2D eigenvalue weighted by Crippen LogP contribution is 2.21. The molecule has 1 fully saturated rings. The van der Waals surface area contributed by atoms with Crippen molar-refractivity contribution in [3.8, 4) is 0 Å². The zero-order valence-electron chi connectivity index (χ0n) is 12.3. The number of carbonyl (C=O) groups excluding carboxylic acids is 2. The Morgan fingerprint density at radius 1 is 1.35 bits per heavy atom. The Balaban J connectivity index is 2.06. The van der Waals surface area contributed by atoms with E-state index in [1.807, 2.05) is 26.0 Å². The Bertz CT molecular complexity index is 513. The summed E-state index contributed by atoms with van der Waals surface area (Å²) in [6.07, 6.45) is 1.08. The summed E-state index contributed by atoms with van der Waals surface area (Å²) in [6, 6.07) is 7.77. The van der Waals surface area contributed by atoms with Gasteiger partial charge in [0.15, 0.2) is 0 Å². The molecule has 2 amide bonds. The summed E-state index contributed by atoms with van der Waals surface area (Å²) in [5.74, 6) is -0.149. The van der Waals surface area contributed by atoms with Crippen LogP contribution in [0.3, 0.4) is 0 Å². The minimum Gasteiger partial charge on any atom is -0.299 e. The number of hydrogen-bond acceptors (Lipinski definition) is 3. The molecule has 20 heavy (non-hydrogen) atoms. The lowest BCUT2D eigenvalue weighted by Gasteiger charge is -2.20. The van der Waals surface area contributed by atoms with Crippen LogP contribution < -0.4 is 5.32 Å². The van der Waals surface area contributed by atoms with E-state index in [1.165, 1.54) is 16.0 Å². The number of likely N-dealkylation sites (tertiary alicyclic amines) is 1. The fraction of sp³-hybridized carbons (Fsp3) is 0.500. The average molecular weight is 274 g/mol. The summed E-state index contributed by atoms with van der Waals surface area (Å²) >= 11 is 0. The van der Waals surface area contributed by atoms with Gasteiger partial charge in [0.25, 0.3) is 0 Å². The van der Waals surface area contributed by atoms with Crippen LogP contribution in [0.1, 0.15) is 43.9 Å². The summed E-state index contributed by atoms with van der Waals surface area (Å²) in [6.45, 7) is 6.58. The number of carbonyl (C=O) groups is 2. The van der Waals surface area contributed by atoms with E-state index in [2.05, 4.69) is 24.4 Å². The van der Waals surface area contributed by atoms with Crippen LogP contribution in [0.5, 0.6) is 0 Å². The maximum absolute atomic E-state index is 12.2. The van der Waals surface area contributed by atoms with Gasteiger partial charge in [0.2, 0.25) is 11.8 Å². The Labute approximate surface area is 120 Å². The minimum absolute atomic E-state index is 0.0551. The van der Waals surface area contributed by atoms with E-state index in [0.29, 0.717) is 6.54 Å². The van der Waals surface area contributed by atoms with E-state index in [9.17, 15) is 9.59 Å². The van der Waals surface area contributed by atoms with Crippen molar-refractivity contribution in [3.63, 3.8) is 0 Å². The molecule has 1 aromatic rings. The number of aryl methyl sites for hydroxylation is 1. The van der Waals surface area contributed by atoms with Gasteiger partial charge >= 0.3 is 0 Å². The zero-order chi connectivity index (χ0) is 14.7. The van der Waals surface area contributed by atoms with Gasteiger partial charge < -0.3 is 0 Å². The molecule has 0 radical (unpaired) electrons. The van der Waals surface area contributed by atoms with E-state index in [1.54, 1.807) is 0 Å². The highest BCUT2D eigenvalue weighted by molar-refractivity contribution is 6.05. The SMILES string of the molecule is CCCN1C(=O)CC(NC(C)c2ccccc2C)C1=O. The molecule has 2 atom stereocenters. The van der Waals surface area contributed by atoms with Gasteiger partial charge in [-0.2, -0.15) is 0 Å². The average Bonchev–Trinajstić information content (AvgIpc) is 2.67. The van der Waals surface area contributed by atoms with Crippen LogP contribution in [0, 0.1) is 6.92 Å². The Hall–Kier alpha value is -1.68. The van der Waals surface area contributed by atoms with Gasteiger partial charge in [0.1, 0.15) is 0 Å². The quantitative estimate of drug-likeness (QED) is 0.837. The lowest BCUT2D eigenvalue weighted by molar-refractivity contribution is -0.138. The van der Waals surface area contributed by atoms with Crippen LogP contribution in [0.2, 0.25) is 0 Å². The van der Waals surface area contributed by atoms with Crippen LogP contribution in [-0.4, -0.2) is 29.3 Å². The molecule has 2 unspecified atom stereocenters. The molecule has 1 aromatic carbocycles. The minimum atomic E-state index is -0.386. The molecule has 1 aliphatic heterocycles. The summed E-state index contributed by atoms with van der Waals surface area (Å²) in [7, 11) is 0. The number of rotatable bonds is 5. The third-order valence-electron chi connectivity index (χ3n) is 3.80. The molecule has 4 heteroatoms. The predicted molar refractivity (Wildman–Crippen MR) is 78.1 cm³/mol. The van der Waals surface area contributed by atoms with Gasteiger partial charge in [-0.15, -0.1) is 0 Å². The maximum Gasteiger partial charge on any atom is 0.246 e. The standard InChI is InChI=1S/C16H22N2O2/c1-4-9-18-15(19)10-14(16(18)20)17-12(3)13-8-6-5-7-11(13)2/h5-8,12,14,17H,4,9-10H2,1-3H3. The molecule has 1 aliphatic rings. The monoisotopic (exact) mass is 274 g/mol. The first-order valence-corrected chi connectivity index (χ1v) is 7.20. The summed E-state index contributed by atoms with van der Waals surface area (Å²) in [5, 5.41) is 3.29. The number of hydrogen-bond donors (Lipinski definition) is 1. The molecule has 0 bridgehead atoms. The van der Waals surface area contributed by atoms with E-state index >= 15 is 0 Å². The number of imide groups is 1. The molecule has 2 rings (SSSR count). The smallest absolute Gasteiger partial charge is 0.246 e. The van der Waals surface area contributed by atoms with Crippen molar-refractivity contribution < 1.29 is 9.59 Å². The van der Waals surface area contributed by atoms with E-state index in [-0.39, 0.29) is 30.3 Å². The Kier molecular flexibility index (Phi) is 4.55. The molecule has 0 spiro atoms. The molecule has 1 heterocycles. The van der Waals surface area contributed by atoms with Crippen LogP contribution in [0.25, 0.3) is 0 Å². The van der Waals surface area contributed by atoms with Crippen LogP contribution in [0.4, 0.5) is 0 Å². The normalized spacial score (nSPS) is 20.6. The van der Waals surface area contributed by atoms with E-state index in [4.69, 9.17) is 0 Å². The third-order valence-corrected chi connectivity index (χ3v) is 3.80. The van der Waals surface area contributed by atoms with Crippen molar-refractivity contribution in [3.05, 3.63) is 35.4 Å². The van der Waals surface area contributed by atoms with E-state index in [0.717, 1.165) is 6.42 Å². The molecule has 0 aromatic heterocycles. The van der Waals surface area contributed by atoms with Gasteiger partial charge in [-0.25, -0.2) is 0 Å². The molecule has 1 saturated heterocycles. The molecule has 0 saturated carbocycles. The Morgan fingerprint density at radius 3 is 2.70 bits per heavy atom. The second-order valence-corrected chi connectivity index (χ2v) is 5.39. The van der Waals surface area contributed by atoms with Crippen molar-refractivity contribution >= 4 is 11.8 Å². The highest BCUT2D eigenvalue weighted by Gasteiger charge is 2.38. The van der Waals surface area contributed by atoms with Gasteiger partial charge in [0.05, 0.1) is 12.5 Å². The summed E-state index contributed by atoms with van der Waals surface area (Å²) in [5.41, 5.74) is 2.36. The van der Waals surface area contributed by atoms with Crippen molar-refractivity contribution in [1.82, 2.24) is 10.2 Å². The van der Waals surface area contributed by atoms with Gasteiger partial charge in [-0.1, -0.05) is 31.2 Å². The van der Waals surface area contributed by atoms with Gasteiger partial charge in [0, 0.05) is 12.6 Å². The molecule has 1 N–H and O–H groups in total. The molecular formula is C16H22N2O2. The lowest BCUT2D eigenvalue weighted by atomic mass is 10.0. The number of amides is 2. The fourth-order valence-electron chi connectivity index (χ4n) is 2.74. The van der Waals surface area contributed by atoms with Crippen molar-refractivity contribution in [2.45, 2.75) is 45.7 Å². The molecule has 108 valence electrons. The second kappa shape index (κ2) is 6.18. The largest absolute Gasteiger partial charge is 0.299 e. The number of benzene rings is 1. The maximum atomic E-state index is 12.2. The number of nitrogens with one attached hydrogen (secondary N) is 1. The zero-order valence-corrected chi connectivity index (χ0v) is 12.3. The predicted octanol–water partition coefficient (Wildman–Crippen LogP) is 2.18. The molecular weight excluding hydrogens is 252 g/mol. The molecule has 0 aliphatic carbocycles. The Morgan fingerprint density at radius 2 is 2.05 bits per heavy atom. The van der Waals surface area contributed by atoms with Crippen LogP contribution >= 0.6 is 0 Å². The van der Waals surface area contributed by atoms with Crippen molar-refractivity contribution in [1.29, 1.82) is 0 Å². The third kappa shape index (κ3) is 2.90. The van der Waals surface area contributed by atoms with Crippen molar-refractivity contribution in [2.75, 3.05) is 6.54 Å². The summed E-state index contributed by atoms with van der Waals surface area (Å²) in [4.78, 5) is 25.4. The summed E-state index contributed by atoms with van der Waals surface area (Å²) < 4.78 is 0. The van der Waals surface area contributed by atoms with Gasteiger partial charge in [-0.3, -0.25) is 19.8 Å². The topological polar surface area (TPSA) is 49.4 Å². The van der Waals surface area contributed by atoms with Crippen LogP contribution in [0.15, 0.2) is 24.3 Å². The first kappa shape index (κ1) is 14.7. The fourth-order valence-corrected chi connectivity index (χ4v) is 2.74. The van der Waals surface area contributed by atoms with E-state index < -0.39 is 0 Å². The van der Waals surface area contributed by atoms with Gasteiger partial charge in [-0.05, 0) is 31.4 Å². The van der Waals surface area contributed by atoms with Crippen molar-refractivity contribution in [2.24, 2.45) is 0 Å². The first-order chi connectivity index (χ1) is 9.54. The highest BCUT2D eigenvalue weighted by atomic mass is 16.2. The van der Waals surface area contributed by atoms with Crippen LogP contribution in [-0.2, 0) is 9.59 Å². The second-order valence-electron chi connectivity index (χ2n) is 5.39. The molecule has 4 nitrogen and oxygen atoms in total.